The zero-order valence-electron chi connectivity index (χ0n) is 12.4. The highest BCUT2D eigenvalue weighted by molar-refractivity contribution is 5.32. The lowest BCUT2D eigenvalue weighted by Crippen LogP contribution is -2.32. The van der Waals surface area contributed by atoms with Crippen molar-refractivity contribution in [1.82, 2.24) is 10.2 Å². The molecule has 0 spiro atoms. The van der Waals surface area contributed by atoms with Gasteiger partial charge >= 0.3 is 0 Å². The Morgan fingerprint density at radius 1 is 1.14 bits per heavy atom. The molecule has 2 heterocycles. The van der Waals surface area contributed by atoms with Crippen LogP contribution in [0.2, 0.25) is 0 Å². The molecule has 0 saturated carbocycles. The predicted molar refractivity (Wildman–Crippen MR) is 82.6 cm³/mol. The topological polar surface area (TPSA) is 37.6 Å². The summed E-state index contributed by atoms with van der Waals surface area (Å²) in [6.45, 7) is 4.21. The van der Waals surface area contributed by atoms with E-state index in [1.165, 1.54) is 5.56 Å². The average molecular weight is 286 g/mol. The van der Waals surface area contributed by atoms with Gasteiger partial charge in [-0.3, -0.25) is 4.90 Å². The minimum absolute atomic E-state index is 0.172. The van der Waals surface area contributed by atoms with Gasteiger partial charge in [-0.05, 0) is 42.8 Å². The summed E-state index contributed by atoms with van der Waals surface area (Å²) in [6.07, 6.45) is 2.91. The Balaban J connectivity index is 1.91. The standard InChI is InChI=1S/C17H22N2O2/c1-20-15-7-5-14(6-8-15)17(16-4-2-13-21-16)19-11-3-9-18-10-12-19/h2,4-8,13,17-18H,3,9-12H2,1H3. The molecule has 1 aliphatic heterocycles. The lowest BCUT2D eigenvalue weighted by atomic mass is 10.0. The van der Waals surface area contributed by atoms with Crippen LogP contribution in [0.4, 0.5) is 0 Å². The molecule has 0 radical (unpaired) electrons. The molecule has 21 heavy (non-hydrogen) atoms. The fourth-order valence-corrected chi connectivity index (χ4v) is 2.91. The molecule has 112 valence electrons. The number of nitrogens with one attached hydrogen (secondary N) is 1. The summed E-state index contributed by atoms with van der Waals surface area (Å²) in [7, 11) is 1.69. The van der Waals surface area contributed by atoms with Crippen molar-refractivity contribution in [1.29, 1.82) is 0 Å². The third-order valence-corrected chi connectivity index (χ3v) is 3.98. The van der Waals surface area contributed by atoms with Crippen LogP contribution in [0.15, 0.2) is 47.1 Å². The fourth-order valence-electron chi connectivity index (χ4n) is 2.91. The first-order valence-corrected chi connectivity index (χ1v) is 7.50. The normalized spacial score (nSPS) is 18.1. The molecular weight excluding hydrogens is 264 g/mol. The number of furan rings is 1. The van der Waals surface area contributed by atoms with Crippen molar-refractivity contribution in [3.05, 3.63) is 54.0 Å². The number of ether oxygens (including phenoxy) is 1. The SMILES string of the molecule is COc1ccc(C(c2ccco2)N2CCCNCC2)cc1. The van der Waals surface area contributed by atoms with Crippen LogP contribution in [0.1, 0.15) is 23.8 Å². The zero-order valence-corrected chi connectivity index (χ0v) is 12.4. The van der Waals surface area contributed by atoms with E-state index in [-0.39, 0.29) is 6.04 Å². The summed E-state index contributed by atoms with van der Waals surface area (Å²) in [4.78, 5) is 2.49. The number of nitrogens with zero attached hydrogens (tertiary/aromatic N) is 1. The average Bonchev–Trinajstić information content (AvgIpc) is 2.91. The van der Waals surface area contributed by atoms with Crippen molar-refractivity contribution >= 4 is 0 Å². The summed E-state index contributed by atoms with van der Waals surface area (Å²) in [6, 6.07) is 12.5. The maximum atomic E-state index is 5.71. The van der Waals surface area contributed by atoms with Gasteiger partial charge in [0.1, 0.15) is 11.5 Å². The van der Waals surface area contributed by atoms with E-state index in [0.29, 0.717) is 0 Å². The quantitative estimate of drug-likeness (QED) is 0.937. The Labute approximate surface area is 125 Å². The van der Waals surface area contributed by atoms with Crippen LogP contribution in [0.5, 0.6) is 5.75 Å². The van der Waals surface area contributed by atoms with Gasteiger partial charge in [-0.1, -0.05) is 12.1 Å². The van der Waals surface area contributed by atoms with Gasteiger partial charge in [-0.2, -0.15) is 0 Å². The van der Waals surface area contributed by atoms with Crippen LogP contribution in [-0.2, 0) is 0 Å². The molecule has 0 bridgehead atoms. The molecule has 4 heteroatoms. The van der Waals surface area contributed by atoms with Crippen molar-refractivity contribution in [2.24, 2.45) is 0 Å². The Bertz CT molecular complexity index is 528. The number of hydrogen-bond acceptors (Lipinski definition) is 4. The van der Waals surface area contributed by atoms with Gasteiger partial charge in [0.05, 0.1) is 19.4 Å². The first-order valence-electron chi connectivity index (χ1n) is 7.50. The molecule has 2 aromatic rings. The van der Waals surface area contributed by atoms with Crippen LogP contribution in [0.3, 0.4) is 0 Å². The van der Waals surface area contributed by atoms with E-state index in [9.17, 15) is 0 Å². The van der Waals surface area contributed by atoms with Crippen molar-refractivity contribution in [3.63, 3.8) is 0 Å². The molecule has 4 nitrogen and oxygen atoms in total. The first-order chi connectivity index (χ1) is 10.4. The maximum absolute atomic E-state index is 5.71. The molecule has 1 aromatic heterocycles. The lowest BCUT2D eigenvalue weighted by molar-refractivity contribution is 0.216. The van der Waals surface area contributed by atoms with Crippen molar-refractivity contribution in [2.45, 2.75) is 12.5 Å². The second-order valence-electron chi connectivity index (χ2n) is 5.33. The number of methoxy groups -OCH3 is 1. The summed E-state index contributed by atoms with van der Waals surface area (Å²) < 4.78 is 11.0. The minimum atomic E-state index is 0.172. The highest BCUT2D eigenvalue weighted by atomic mass is 16.5. The largest absolute Gasteiger partial charge is 0.497 e. The highest BCUT2D eigenvalue weighted by Crippen LogP contribution is 2.30. The lowest BCUT2D eigenvalue weighted by Gasteiger charge is -2.29. The second-order valence-corrected chi connectivity index (χ2v) is 5.33. The third-order valence-electron chi connectivity index (χ3n) is 3.98. The Hall–Kier alpha value is -1.78. The maximum Gasteiger partial charge on any atom is 0.125 e. The third kappa shape index (κ3) is 3.28. The summed E-state index contributed by atoms with van der Waals surface area (Å²) in [5.41, 5.74) is 1.24. The molecule has 1 N–H and O–H groups in total. The molecule has 1 aromatic carbocycles. The van der Waals surface area contributed by atoms with Gasteiger partial charge in [0.2, 0.25) is 0 Å². The van der Waals surface area contributed by atoms with Gasteiger partial charge in [0, 0.05) is 19.6 Å². The monoisotopic (exact) mass is 286 g/mol. The second kappa shape index (κ2) is 6.78. The summed E-state index contributed by atoms with van der Waals surface area (Å²) in [5, 5.41) is 3.45. The predicted octanol–water partition coefficient (Wildman–Crippen LogP) is 2.67. The smallest absolute Gasteiger partial charge is 0.125 e. The van der Waals surface area contributed by atoms with Gasteiger partial charge in [0.25, 0.3) is 0 Å². The molecular formula is C17H22N2O2. The van der Waals surface area contributed by atoms with Crippen molar-refractivity contribution in [3.8, 4) is 5.75 Å². The van der Waals surface area contributed by atoms with Crippen molar-refractivity contribution < 1.29 is 9.15 Å². The molecule has 1 atom stereocenters. The van der Waals surface area contributed by atoms with E-state index in [4.69, 9.17) is 9.15 Å². The minimum Gasteiger partial charge on any atom is -0.497 e. The van der Waals surface area contributed by atoms with Crippen LogP contribution in [0.25, 0.3) is 0 Å². The number of benzene rings is 1. The first kappa shape index (κ1) is 14.2. The van der Waals surface area contributed by atoms with Crippen molar-refractivity contribution in [2.75, 3.05) is 33.3 Å². The Kier molecular flexibility index (Phi) is 4.58. The van der Waals surface area contributed by atoms with Gasteiger partial charge in [-0.15, -0.1) is 0 Å². The Morgan fingerprint density at radius 3 is 2.71 bits per heavy atom. The van der Waals surface area contributed by atoms with Gasteiger partial charge in [-0.25, -0.2) is 0 Å². The van der Waals surface area contributed by atoms with Crippen LogP contribution in [0, 0.1) is 0 Å². The van der Waals surface area contributed by atoms with Crippen LogP contribution >= 0.6 is 0 Å². The molecule has 1 unspecified atom stereocenters. The van der Waals surface area contributed by atoms with E-state index in [2.05, 4.69) is 28.4 Å². The van der Waals surface area contributed by atoms with Crippen LogP contribution in [-0.4, -0.2) is 38.2 Å². The Morgan fingerprint density at radius 2 is 2.00 bits per heavy atom. The summed E-state index contributed by atoms with van der Waals surface area (Å²) >= 11 is 0. The van der Waals surface area contributed by atoms with E-state index in [0.717, 1.165) is 44.1 Å². The highest BCUT2D eigenvalue weighted by Gasteiger charge is 2.25. The van der Waals surface area contributed by atoms with Crippen LogP contribution < -0.4 is 10.1 Å². The van der Waals surface area contributed by atoms with E-state index >= 15 is 0 Å². The fraction of sp³-hybridized carbons (Fsp3) is 0.412. The van der Waals surface area contributed by atoms with E-state index in [1.54, 1.807) is 13.4 Å². The molecule has 1 saturated heterocycles. The van der Waals surface area contributed by atoms with Gasteiger partial charge < -0.3 is 14.5 Å². The zero-order chi connectivity index (χ0) is 14.5. The number of hydrogen-bond donors (Lipinski definition) is 1. The molecule has 0 aliphatic carbocycles. The number of rotatable bonds is 4. The molecule has 1 aliphatic rings. The summed E-state index contributed by atoms with van der Waals surface area (Å²) in [5.74, 6) is 1.89. The molecule has 0 amide bonds. The van der Waals surface area contributed by atoms with Gasteiger partial charge in [0.15, 0.2) is 0 Å². The van der Waals surface area contributed by atoms with E-state index in [1.807, 2.05) is 18.2 Å². The molecule has 3 rings (SSSR count). The molecule has 1 fully saturated rings. The van der Waals surface area contributed by atoms with E-state index < -0.39 is 0 Å².